The minimum Gasteiger partial charge on any atom is -0.508 e. The van der Waals surface area contributed by atoms with Crippen LogP contribution in [0.15, 0.2) is 66.7 Å². The molecule has 0 amide bonds. The van der Waals surface area contributed by atoms with Crippen molar-refractivity contribution in [2.24, 2.45) is 0 Å². The Labute approximate surface area is 171 Å². The van der Waals surface area contributed by atoms with Crippen LogP contribution in [-0.4, -0.2) is 31.4 Å². The summed E-state index contributed by atoms with van der Waals surface area (Å²) in [5, 5.41) is 10.2. The number of rotatable bonds is 3. The predicted octanol–water partition coefficient (Wildman–Crippen LogP) is 4.92. The number of aromatic hydroxyl groups is 1. The van der Waals surface area contributed by atoms with E-state index in [0.717, 1.165) is 42.4 Å². The fourth-order valence-electron chi connectivity index (χ4n) is 4.62. The summed E-state index contributed by atoms with van der Waals surface area (Å²) in [7, 11) is 0. The summed E-state index contributed by atoms with van der Waals surface area (Å²) < 4.78 is 12.0. The van der Waals surface area contributed by atoms with Crippen molar-refractivity contribution in [3.8, 4) is 17.2 Å². The van der Waals surface area contributed by atoms with Gasteiger partial charge in [-0.1, -0.05) is 36.4 Å². The molecule has 0 aromatic heterocycles. The number of anilines is 1. The van der Waals surface area contributed by atoms with Gasteiger partial charge in [-0.3, -0.25) is 0 Å². The van der Waals surface area contributed by atoms with Crippen molar-refractivity contribution < 1.29 is 14.6 Å². The maximum Gasteiger partial charge on any atom is 0.142 e. The lowest BCUT2D eigenvalue weighted by Gasteiger charge is -2.36. The van der Waals surface area contributed by atoms with Gasteiger partial charge in [0.2, 0.25) is 0 Å². The Balaban J connectivity index is 1.66. The number of phenolic OH excluding ortho intramolecular Hbond substituents is 1. The van der Waals surface area contributed by atoms with Crippen LogP contribution in [0.2, 0.25) is 0 Å². The van der Waals surface area contributed by atoms with E-state index in [-0.39, 0.29) is 17.6 Å². The molecular weight excluding hydrogens is 362 g/mol. The van der Waals surface area contributed by atoms with Gasteiger partial charge in [0.1, 0.15) is 23.9 Å². The maximum absolute atomic E-state index is 10.2. The first-order valence-corrected chi connectivity index (χ1v) is 10.3. The molecule has 1 N–H and O–H groups in total. The number of ether oxygens (including phenoxy) is 2. The van der Waals surface area contributed by atoms with Crippen molar-refractivity contribution in [2.75, 3.05) is 31.2 Å². The molecule has 0 saturated heterocycles. The van der Waals surface area contributed by atoms with E-state index in [1.165, 1.54) is 11.1 Å². The van der Waals surface area contributed by atoms with Gasteiger partial charge in [0.15, 0.2) is 0 Å². The number of hydrogen-bond donors (Lipinski definition) is 1. The molecule has 2 atom stereocenters. The maximum atomic E-state index is 10.2. The van der Waals surface area contributed by atoms with Gasteiger partial charge in [-0.2, -0.15) is 0 Å². The molecule has 2 aliphatic heterocycles. The molecule has 3 aromatic carbocycles. The van der Waals surface area contributed by atoms with Gasteiger partial charge in [0.05, 0.1) is 18.8 Å². The average molecular weight is 387 g/mol. The predicted molar refractivity (Wildman–Crippen MR) is 114 cm³/mol. The van der Waals surface area contributed by atoms with Crippen LogP contribution in [0.4, 0.5) is 5.69 Å². The standard InChI is InChI=1S/C25H25NO3/c1-2-26-12-13-28-24-10-8-18(14-22(24)26)25-20-15-19(27)9-11-23(20)29-16-21(25)17-6-4-3-5-7-17/h3-11,14-15,21,25,27H,2,12-13,16H2,1H3/t21-,25+/m1/s1. The van der Waals surface area contributed by atoms with E-state index >= 15 is 0 Å². The third-order valence-corrected chi connectivity index (χ3v) is 6.06. The molecule has 2 aliphatic rings. The Bertz CT molecular complexity index is 1020. The summed E-state index contributed by atoms with van der Waals surface area (Å²) in [5.74, 6) is 2.33. The number of phenols is 1. The Hall–Kier alpha value is -3.14. The molecule has 0 saturated carbocycles. The summed E-state index contributed by atoms with van der Waals surface area (Å²) in [4.78, 5) is 2.36. The number of likely N-dealkylation sites (N-methyl/N-ethyl adjacent to an activating group) is 1. The van der Waals surface area contributed by atoms with Crippen LogP contribution in [0.25, 0.3) is 0 Å². The number of nitrogens with zero attached hydrogens (tertiary/aromatic N) is 1. The topological polar surface area (TPSA) is 41.9 Å². The molecule has 4 nitrogen and oxygen atoms in total. The molecule has 0 fully saturated rings. The fraction of sp³-hybridized carbons (Fsp3) is 0.280. The Kier molecular flexibility index (Phi) is 4.55. The van der Waals surface area contributed by atoms with Crippen LogP contribution >= 0.6 is 0 Å². The molecule has 29 heavy (non-hydrogen) atoms. The molecule has 4 heteroatoms. The third kappa shape index (κ3) is 3.19. The second-order valence-electron chi connectivity index (χ2n) is 7.68. The van der Waals surface area contributed by atoms with Gasteiger partial charge in [0.25, 0.3) is 0 Å². The van der Waals surface area contributed by atoms with Crippen LogP contribution in [0, 0.1) is 0 Å². The highest BCUT2D eigenvalue weighted by atomic mass is 16.5. The molecule has 2 heterocycles. The SMILES string of the molecule is CCN1CCOc2ccc([C@H]3c4cc(O)ccc4OC[C@@H]3c3ccccc3)cc21. The normalized spacial score (nSPS) is 20.2. The van der Waals surface area contributed by atoms with Gasteiger partial charge < -0.3 is 19.5 Å². The lowest BCUT2D eigenvalue weighted by atomic mass is 9.75. The van der Waals surface area contributed by atoms with Crippen LogP contribution in [0.3, 0.4) is 0 Å². The molecule has 5 rings (SSSR count). The monoisotopic (exact) mass is 387 g/mol. The molecule has 0 aliphatic carbocycles. The lowest BCUT2D eigenvalue weighted by molar-refractivity contribution is 0.248. The first kappa shape index (κ1) is 17.9. The quantitative estimate of drug-likeness (QED) is 0.693. The Morgan fingerprint density at radius 1 is 0.931 bits per heavy atom. The minimum atomic E-state index is 0.0965. The van der Waals surface area contributed by atoms with Crippen molar-refractivity contribution in [1.29, 1.82) is 0 Å². The second kappa shape index (κ2) is 7.36. The second-order valence-corrected chi connectivity index (χ2v) is 7.68. The minimum absolute atomic E-state index is 0.0965. The van der Waals surface area contributed by atoms with Crippen LogP contribution < -0.4 is 14.4 Å². The summed E-state index contributed by atoms with van der Waals surface area (Å²) in [5.41, 5.74) is 4.64. The highest BCUT2D eigenvalue weighted by molar-refractivity contribution is 5.63. The van der Waals surface area contributed by atoms with Gasteiger partial charge >= 0.3 is 0 Å². The van der Waals surface area contributed by atoms with E-state index in [4.69, 9.17) is 9.47 Å². The van der Waals surface area contributed by atoms with E-state index in [0.29, 0.717) is 6.61 Å². The zero-order valence-electron chi connectivity index (χ0n) is 16.5. The van der Waals surface area contributed by atoms with Crippen molar-refractivity contribution >= 4 is 5.69 Å². The van der Waals surface area contributed by atoms with Crippen molar-refractivity contribution in [1.82, 2.24) is 0 Å². The molecule has 0 radical (unpaired) electrons. The van der Waals surface area contributed by atoms with Gasteiger partial charge in [0, 0.05) is 23.9 Å². The molecule has 0 bridgehead atoms. The third-order valence-electron chi connectivity index (χ3n) is 6.06. The summed E-state index contributed by atoms with van der Waals surface area (Å²) in [6.45, 7) is 5.36. The first-order valence-electron chi connectivity index (χ1n) is 10.3. The smallest absolute Gasteiger partial charge is 0.142 e. The Morgan fingerprint density at radius 3 is 2.59 bits per heavy atom. The summed E-state index contributed by atoms with van der Waals surface area (Å²) in [6.07, 6.45) is 0. The zero-order chi connectivity index (χ0) is 19.8. The van der Waals surface area contributed by atoms with E-state index < -0.39 is 0 Å². The van der Waals surface area contributed by atoms with Crippen LogP contribution in [0.1, 0.15) is 35.4 Å². The highest BCUT2D eigenvalue weighted by Gasteiger charge is 2.34. The molecule has 3 aromatic rings. The largest absolute Gasteiger partial charge is 0.508 e. The zero-order valence-corrected chi connectivity index (χ0v) is 16.5. The number of hydrogen-bond acceptors (Lipinski definition) is 4. The van der Waals surface area contributed by atoms with Crippen molar-refractivity contribution in [3.05, 3.63) is 83.4 Å². The number of benzene rings is 3. The summed E-state index contributed by atoms with van der Waals surface area (Å²) in [6, 6.07) is 22.4. The molecular formula is C25H25NO3. The number of fused-ring (bicyclic) bond motifs is 2. The van der Waals surface area contributed by atoms with Crippen molar-refractivity contribution in [2.45, 2.75) is 18.8 Å². The van der Waals surface area contributed by atoms with Crippen LogP contribution in [-0.2, 0) is 0 Å². The van der Waals surface area contributed by atoms with E-state index in [9.17, 15) is 5.11 Å². The van der Waals surface area contributed by atoms with Crippen molar-refractivity contribution in [3.63, 3.8) is 0 Å². The molecule has 0 spiro atoms. The summed E-state index contributed by atoms with van der Waals surface area (Å²) >= 11 is 0. The van der Waals surface area contributed by atoms with E-state index in [1.807, 2.05) is 18.2 Å². The first-order chi connectivity index (χ1) is 14.2. The molecule has 0 unspecified atom stereocenters. The lowest BCUT2D eigenvalue weighted by Crippen LogP contribution is -2.32. The van der Waals surface area contributed by atoms with Crippen LogP contribution in [0.5, 0.6) is 17.2 Å². The van der Waals surface area contributed by atoms with E-state index in [2.05, 4.69) is 54.3 Å². The van der Waals surface area contributed by atoms with Gasteiger partial charge in [-0.25, -0.2) is 0 Å². The van der Waals surface area contributed by atoms with Gasteiger partial charge in [-0.15, -0.1) is 0 Å². The highest BCUT2D eigenvalue weighted by Crippen LogP contribution is 2.48. The average Bonchev–Trinajstić information content (AvgIpc) is 2.78. The molecule has 148 valence electrons. The van der Waals surface area contributed by atoms with Gasteiger partial charge in [-0.05, 0) is 48.4 Å². The van der Waals surface area contributed by atoms with E-state index in [1.54, 1.807) is 6.07 Å². The Morgan fingerprint density at radius 2 is 1.76 bits per heavy atom. The fourth-order valence-corrected chi connectivity index (χ4v) is 4.62.